The van der Waals surface area contributed by atoms with Crippen molar-refractivity contribution in [3.63, 3.8) is 0 Å². The number of carbonyl (C=O) groups excluding carboxylic acids is 3. The molecular weight excluding hydrogens is 406 g/mol. The number of ether oxygens (including phenoxy) is 1. The molecular formula is C21H17N3O5S. The molecule has 0 radical (unpaired) electrons. The van der Waals surface area contributed by atoms with Crippen molar-refractivity contribution in [1.29, 1.82) is 0 Å². The van der Waals surface area contributed by atoms with Gasteiger partial charge in [-0.2, -0.15) is 0 Å². The topological polar surface area (TPSA) is 111 Å². The van der Waals surface area contributed by atoms with Crippen LogP contribution in [0.3, 0.4) is 0 Å². The monoisotopic (exact) mass is 423 g/mol. The van der Waals surface area contributed by atoms with E-state index in [4.69, 9.17) is 9.26 Å². The molecule has 9 heteroatoms. The SMILES string of the molecule is Cc1cc(NC(=O)[C@H](OC(=O)c2ccc3c(c2)NC(=O)CS3)c2ccccc2)no1. The van der Waals surface area contributed by atoms with Crippen molar-refractivity contribution in [1.82, 2.24) is 5.16 Å². The average molecular weight is 423 g/mol. The molecule has 0 spiro atoms. The van der Waals surface area contributed by atoms with E-state index >= 15 is 0 Å². The highest BCUT2D eigenvalue weighted by atomic mass is 32.2. The largest absolute Gasteiger partial charge is 0.444 e. The number of carbonyl (C=O) groups is 3. The van der Waals surface area contributed by atoms with Crippen LogP contribution < -0.4 is 10.6 Å². The summed E-state index contributed by atoms with van der Waals surface area (Å²) in [6.07, 6.45) is -1.20. The zero-order chi connectivity index (χ0) is 21.1. The van der Waals surface area contributed by atoms with Crippen LogP contribution in [0.4, 0.5) is 11.5 Å². The van der Waals surface area contributed by atoms with E-state index in [2.05, 4.69) is 15.8 Å². The predicted molar refractivity (Wildman–Crippen MR) is 110 cm³/mol. The first-order valence-electron chi connectivity index (χ1n) is 9.06. The fourth-order valence-electron chi connectivity index (χ4n) is 2.90. The second-order valence-corrected chi connectivity index (χ2v) is 7.57. The molecule has 1 aliphatic heterocycles. The molecule has 2 N–H and O–H groups in total. The van der Waals surface area contributed by atoms with Gasteiger partial charge in [0.15, 0.2) is 5.82 Å². The van der Waals surface area contributed by atoms with E-state index in [0.717, 1.165) is 4.90 Å². The molecule has 0 saturated carbocycles. The predicted octanol–water partition coefficient (Wildman–Crippen LogP) is 3.56. The molecule has 8 nitrogen and oxygen atoms in total. The summed E-state index contributed by atoms with van der Waals surface area (Å²) in [7, 11) is 0. The highest BCUT2D eigenvalue weighted by Gasteiger charge is 2.27. The molecule has 30 heavy (non-hydrogen) atoms. The van der Waals surface area contributed by atoms with Gasteiger partial charge in [0.25, 0.3) is 5.91 Å². The van der Waals surface area contributed by atoms with Crippen LogP contribution in [0.2, 0.25) is 0 Å². The number of thioether (sulfide) groups is 1. The Morgan fingerprint density at radius 2 is 2.00 bits per heavy atom. The first kappa shape index (κ1) is 19.7. The van der Waals surface area contributed by atoms with Gasteiger partial charge in [-0.05, 0) is 25.1 Å². The summed E-state index contributed by atoms with van der Waals surface area (Å²) in [5, 5.41) is 9.06. The van der Waals surface area contributed by atoms with Gasteiger partial charge >= 0.3 is 5.97 Å². The zero-order valence-corrected chi connectivity index (χ0v) is 16.7. The van der Waals surface area contributed by atoms with Crippen molar-refractivity contribution in [2.24, 2.45) is 0 Å². The molecule has 1 atom stereocenters. The van der Waals surface area contributed by atoms with Crippen molar-refractivity contribution in [3.05, 3.63) is 71.5 Å². The lowest BCUT2D eigenvalue weighted by Crippen LogP contribution is -2.26. The summed E-state index contributed by atoms with van der Waals surface area (Å²) in [5.74, 6) is -0.306. The fraction of sp³-hybridized carbons (Fsp3) is 0.143. The van der Waals surface area contributed by atoms with Gasteiger partial charge in [-0.25, -0.2) is 4.79 Å². The molecule has 0 fully saturated rings. The van der Waals surface area contributed by atoms with Crippen LogP contribution in [-0.2, 0) is 14.3 Å². The smallest absolute Gasteiger partial charge is 0.339 e. The van der Waals surface area contributed by atoms with Gasteiger partial charge in [-0.3, -0.25) is 9.59 Å². The van der Waals surface area contributed by atoms with Crippen LogP contribution in [-0.4, -0.2) is 28.7 Å². The van der Waals surface area contributed by atoms with Crippen molar-refractivity contribution in [2.45, 2.75) is 17.9 Å². The molecule has 2 heterocycles. The minimum atomic E-state index is -1.20. The molecule has 2 aromatic carbocycles. The van der Waals surface area contributed by atoms with E-state index in [1.54, 1.807) is 61.5 Å². The summed E-state index contributed by atoms with van der Waals surface area (Å²) >= 11 is 1.39. The van der Waals surface area contributed by atoms with E-state index in [1.807, 2.05) is 0 Å². The number of fused-ring (bicyclic) bond motifs is 1. The summed E-state index contributed by atoms with van der Waals surface area (Å²) in [6, 6.07) is 15.1. The third-order valence-corrected chi connectivity index (χ3v) is 5.37. The van der Waals surface area contributed by atoms with Gasteiger partial charge in [0.2, 0.25) is 12.0 Å². The number of anilines is 2. The quantitative estimate of drug-likeness (QED) is 0.604. The van der Waals surface area contributed by atoms with Crippen molar-refractivity contribution >= 4 is 41.1 Å². The minimum Gasteiger partial charge on any atom is -0.444 e. The number of nitrogens with one attached hydrogen (secondary N) is 2. The van der Waals surface area contributed by atoms with Crippen LogP contribution in [0.1, 0.15) is 27.8 Å². The van der Waals surface area contributed by atoms with Crippen LogP contribution in [0.25, 0.3) is 0 Å². The Hall–Kier alpha value is -3.59. The number of esters is 1. The number of nitrogens with zero attached hydrogens (tertiary/aromatic N) is 1. The van der Waals surface area contributed by atoms with Crippen LogP contribution >= 0.6 is 11.8 Å². The third-order valence-electron chi connectivity index (χ3n) is 4.29. The van der Waals surface area contributed by atoms with Crippen molar-refractivity contribution in [3.8, 4) is 0 Å². The highest BCUT2D eigenvalue weighted by Crippen LogP contribution is 2.32. The Labute approximate surface area is 176 Å². The molecule has 0 unspecified atom stereocenters. The van der Waals surface area contributed by atoms with E-state index in [9.17, 15) is 14.4 Å². The number of aryl methyl sites for hydroxylation is 1. The Balaban J connectivity index is 1.57. The number of hydrogen-bond donors (Lipinski definition) is 2. The third kappa shape index (κ3) is 4.36. The van der Waals surface area contributed by atoms with Crippen molar-refractivity contribution < 1.29 is 23.6 Å². The number of benzene rings is 2. The van der Waals surface area contributed by atoms with Gasteiger partial charge in [0.05, 0.1) is 17.0 Å². The van der Waals surface area contributed by atoms with Gasteiger partial charge < -0.3 is 19.9 Å². The number of aromatic nitrogens is 1. The summed E-state index contributed by atoms with van der Waals surface area (Å²) in [6.45, 7) is 1.70. The van der Waals surface area contributed by atoms with E-state index in [-0.39, 0.29) is 17.3 Å². The molecule has 0 aliphatic carbocycles. The molecule has 1 aliphatic rings. The lowest BCUT2D eigenvalue weighted by Gasteiger charge is -2.19. The van der Waals surface area contributed by atoms with E-state index < -0.39 is 18.0 Å². The first-order valence-corrected chi connectivity index (χ1v) is 10.0. The molecule has 1 aromatic heterocycles. The first-order chi connectivity index (χ1) is 14.5. The number of amides is 2. The summed E-state index contributed by atoms with van der Waals surface area (Å²) < 4.78 is 10.5. The molecule has 3 aromatic rings. The van der Waals surface area contributed by atoms with Crippen LogP contribution in [0, 0.1) is 6.92 Å². The molecule has 0 saturated heterocycles. The molecule has 2 amide bonds. The maximum Gasteiger partial charge on any atom is 0.339 e. The van der Waals surface area contributed by atoms with Crippen molar-refractivity contribution in [2.75, 3.05) is 16.4 Å². The number of rotatable bonds is 5. The second kappa shape index (κ2) is 8.42. The Morgan fingerprint density at radius 3 is 2.73 bits per heavy atom. The average Bonchev–Trinajstić information content (AvgIpc) is 3.16. The normalized spacial score (nSPS) is 13.7. The summed E-state index contributed by atoms with van der Waals surface area (Å²) in [5.41, 5.74) is 1.28. The van der Waals surface area contributed by atoms with E-state index in [1.165, 1.54) is 11.8 Å². The van der Waals surface area contributed by atoms with Gasteiger partial charge in [0.1, 0.15) is 5.76 Å². The van der Waals surface area contributed by atoms with Gasteiger partial charge in [-0.1, -0.05) is 35.5 Å². The second-order valence-electron chi connectivity index (χ2n) is 6.56. The van der Waals surface area contributed by atoms with Gasteiger partial charge in [0, 0.05) is 16.5 Å². The zero-order valence-electron chi connectivity index (χ0n) is 15.9. The van der Waals surface area contributed by atoms with Crippen LogP contribution in [0.15, 0.2) is 64.0 Å². The molecule has 152 valence electrons. The summed E-state index contributed by atoms with van der Waals surface area (Å²) in [4.78, 5) is 38.1. The van der Waals surface area contributed by atoms with E-state index in [0.29, 0.717) is 22.8 Å². The van der Waals surface area contributed by atoms with Gasteiger partial charge in [-0.15, -0.1) is 11.8 Å². The number of hydrogen-bond acceptors (Lipinski definition) is 7. The Kier molecular flexibility index (Phi) is 5.53. The van der Waals surface area contributed by atoms with Crippen LogP contribution in [0.5, 0.6) is 0 Å². The highest BCUT2D eigenvalue weighted by molar-refractivity contribution is 8.00. The maximum absolute atomic E-state index is 12.8. The molecule has 4 rings (SSSR count). The maximum atomic E-state index is 12.8. The fourth-order valence-corrected chi connectivity index (χ4v) is 3.69. The Morgan fingerprint density at radius 1 is 1.20 bits per heavy atom. The minimum absolute atomic E-state index is 0.137. The molecule has 0 bridgehead atoms. The standard InChI is InChI=1S/C21H17N3O5S/c1-12-9-17(24-29-12)23-20(26)19(13-5-3-2-4-6-13)28-21(27)14-7-8-16-15(10-14)22-18(25)11-30-16/h2-10,19H,11H2,1H3,(H,22,25)(H,23,24,26)/t19-/m1/s1. The lowest BCUT2D eigenvalue weighted by molar-refractivity contribution is -0.125. The Bertz CT molecular complexity index is 1110. The lowest BCUT2D eigenvalue weighted by atomic mass is 10.1.